The molecular formula is C11H14BrClO3S. The zero-order valence-electron chi connectivity index (χ0n) is 9.52. The van der Waals surface area contributed by atoms with Crippen molar-refractivity contribution in [2.75, 3.05) is 5.75 Å². The Balaban J connectivity index is 3.12. The Labute approximate surface area is 115 Å². The molecule has 1 aromatic rings. The van der Waals surface area contributed by atoms with Crippen LogP contribution in [-0.4, -0.2) is 22.9 Å². The Morgan fingerprint density at radius 1 is 1.41 bits per heavy atom. The molecule has 1 aromatic carbocycles. The lowest BCUT2D eigenvalue weighted by Gasteiger charge is -2.28. The quantitative estimate of drug-likeness (QED) is 0.857. The van der Waals surface area contributed by atoms with Gasteiger partial charge in [-0.2, -0.15) is 0 Å². The van der Waals surface area contributed by atoms with Gasteiger partial charge in [0.25, 0.3) is 0 Å². The molecule has 0 saturated heterocycles. The molecule has 0 heterocycles. The molecule has 1 rings (SSSR count). The smallest absolute Gasteiger partial charge is 0.168 e. The van der Waals surface area contributed by atoms with E-state index in [-0.39, 0.29) is 5.75 Å². The number of benzene rings is 1. The summed E-state index contributed by atoms with van der Waals surface area (Å²) in [4.78, 5) is 0. The lowest BCUT2D eigenvalue weighted by atomic mass is 10.1. The maximum atomic E-state index is 11.9. The molecule has 0 aliphatic carbocycles. The van der Waals surface area contributed by atoms with Crippen molar-refractivity contribution in [1.82, 2.24) is 0 Å². The molecule has 0 fully saturated rings. The number of alkyl halides is 1. The van der Waals surface area contributed by atoms with E-state index >= 15 is 0 Å². The van der Waals surface area contributed by atoms with Crippen molar-refractivity contribution in [1.29, 1.82) is 0 Å². The summed E-state index contributed by atoms with van der Waals surface area (Å²) < 4.78 is 22.3. The predicted molar refractivity (Wildman–Crippen MR) is 73.2 cm³/mol. The second-order valence-corrected chi connectivity index (χ2v) is 9.11. The van der Waals surface area contributed by atoms with Gasteiger partial charge in [-0.1, -0.05) is 46.6 Å². The number of hydrogen-bond acceptors (Lipinski definition) is 3. The second-order valence-electron chi connectivity index (χ2n) is 3.84. The SMILES string of the molecule is CCS(=O)(=O)C(C)(Br)C(O)c1ccc(Cl)cc1. The van der Waals surface area contributed by atoms with Gasteiger partial charge in [-0.15, -0.1) is 0 Å². The van der Waals surface area contributed by atoms with Crippen LogP contribution in [0.25, 0.3) is 0 Å². The Hall–Kier alpha value is -0.100. The van der Waals surface area contributed by atoms with E-state index in [1.165, 1.54) is 6.92 Å². The van der Waals surface area contributed by atoms with E-state index in [0.717, 1.165) is 0 Å². The summed E-state index contributed by atoms with van der Waals surface area (Å²) in [6.07, 6.45) is -1.15. The minimum absolute atomic E-state index is 0.0423. The minimum Gasteiger partial charge on any atom is -0.386 e. The van der Waals surface area contributed by atoms with Crippen molar-refractivity contribution in [2.45, 2.75) is 23.6 Å². The molecule has 0 saturated carbocycles. The van der Waals surface area contributed by atoms with Gasteiger partial charge in [0.15, 0.2) is 13.5 Å². The summed E-state index contributed by atoms with van der Waals surface area (Å²) in [5, 5.41) is 10.7. The molecule has 6 heteroatoms. The van der Waals surface area contributed by atoms with Gasteiger partial charge in [-0.3, -0.25) is 0 Å². The lowest BCUT2D eigenvalue weighted by Crippen LogP contribution is -2.36. The topological polar surface area (TPSA) is 54.4 Å². The molecule has 1 N–H and O–H groups in total. The standard InChI is InChI=1S/C11H14BrClO3S/c1-3-17(15,16)11(2,12)10(14)8-4-6-9(13)7-5-8/h4-7,10,14H,3H2,1-2H3. The monoisotopic (exact) mass is 340 g/mol. The highest BCUT2D eigenvalue weighted by molar-refractivity contribution is 9.11. The van der Waals surface area contributed by atoms with Crippen molar-refractivity contribution < 1.29 is 13.5 Å². The van der Waals surface area contributed by atoms with Crippen LogP contribution in [0.1, 0.15) is 25.5 Å². The third kappa shape index (κ3) is 3.02. The molecule has 0 aliphatic heterocycles. The highest BCUT2D eigenvalue weighted by atomic mass is 79.9. The van der Waals surface area contributed by atoms with Gasteiger partial charge in [0, 0.05) is 10.8 Å². The van der Waals surface area contributed by atoms with Crippen LogP contribution in [0.3, 0.4) is 0 Å². The summed E-state index contributed by atoms with van der Waals surface area (Å²) in [6.45, 7) is 2.99. The van der Waals surface area contributed by atoms with Crippen LogP contribution in [0.5, 0.6) is 0 Å². The zero-order chi connectivity index (χ0) is 13.3. The average molecular weight is 342 g/mol. The van der Waals surface area contributed by atoms with E-state index < -0.39 is 19.6 Å². The van der Waals surface area contributed by atoms with Crippen molar-refractivity contribution >= 4 is 37.4 Å². The molecule has 0 amide bonds. The predicted octanol–water partition coefficient (Wildman–Crippen LogP) is 2.92. The van der Waals surface area contributed by atoms with Crippen LogP contribution in [-0.2, 0) is 9.84 Å². The molecule has 2 unspecified atom stereocenters. The molecule has 0 bridgehead atoms. The highest BCUT2D eigenvalue weighted by Crippen LogP contribution is 2.38. The van der Waals surface area contributed by atoms with Crippen molar-refractivity contribution in [3.63, 3.8) is 0 Å². The van der Waals surface area contributed by atoms with Gasteiger partial charge in [-0.25, -0.2) is 8.42 Å². The largest absolute Gasteiger partial charge is 0.386 e. The Morgan fingerprint density at radius 2 is 1.88 bits per heavy atom. The van der Waals surface area contributed by atoms with Gasteiger partial charge >= 0.3 is 0 Å². The Bertz CT molecular complexity index is 482. The molecule has 96 valence electrons. The number of aliphatic hydroxyl groups is 1. The van der Waals surface area contributed by atoms with Crippen LogP contribution in [0.2, 0.25) is 5.02 Å². The minimum atomic E-state index is -3.42. The molecule has 2 atom stereocenters. The fraction of sp³-hybridized carbons (Fsp3) is 0.455. The molecule has 0 aliphatic rings. The molecular weight excluding hydrogens is 328 g/mol. The van der Waals surface area contributed by atoms with Gasteiger partial charge in [0.05, 0.1) is 0 Å². The van der Waals surface area contributed by atoms with Crippen molar-refractivity contribution in [3.8, 4) is 0 Å². The molecule has 3 nitrogen and oxygen atoms in total. The number of hydrogen-bond donors (Lipinski definition) is 1. The van der Waals surface area contributed by atoms with Crippen LogP contribution in [0.15, 0.2) is 24.3 Å². The zero-order valence-corrected chi connectivity index (χ0v) is 12.7. The van der Waals surface area contributed by atoms with Gasteiger partial charge in [0.2, 0.25) is 0 Å². The first-order valence-corrected chi connectivity index (χ1v) is 7.89. The summed E-state index contributed by atoms with van der Waals surface area (Å²) in [5.74, 6) is -0.0423. The van der Waals surface area contributed by atoms with Gasteiger partial charge in [-0.05, 0) is 24.6 Å². The number of halogens is 2. The van der Waals surface area contributed by atoms with E-state index in [0.29, 0.717) is 10.6 Å². The average Bonchev–Trinajstić information content (AvgIpc) is 2.28. The highest BCUT2D eigenvalue weighted by Gasteiger charge is 2.42. The van der Waals surface area contributed by atoms with E-state index in [9.17, 15) is 13.5 Å². The van der Waals surface area contributed by atoms with E-state index in [1.807, 2.05) is 0 Å². The molecule has 0 spiro atoms. The summed E-state index contributed by atoms with van der Waals surface area (Å²) in [6, 6.07) is 6.44. The maximum absolute atomic E-state index is 11.9. The normalized spacial score (nSPS) is 17.5. The molecule has 0 radical (unpaired) electrons. The first kappa shape index (κ1) is 15.0. The molecule has 0 aromatic heterocycles. The van der Waals surface area contributed by atoms with Gasteiger partial charge in [0.1, 0.15) is 6.10 Å². The van der Waals surface area contributed by atoms with Crippen LogP contribution >= 0.6 is 27.5 Å². The lowest BCUT2D eigenvalue weighted by molar-refractivity contribution is 0.167. The van der Waals surface area contributed by atoms with Crippen LogP contribution in [0, 0.1) is 0 Å². The second kappa shape index (κ2) is 5.26. The number of rotatable bonds is 4. The first-order chi connectivity index (χ1) is 7.72. The summed E-state index contributed by atoms with van der Waals surface area (Å²) >= 11 is 8.85. The fourth-order valence-electron chi connectivity index (χ4n) is 1.40. The first-order valence-electron chi connectivity index (χ1n) is 5.07. The maximum Gasteiger partial charge on any atom is 0.168 e. The Kier molecular flexibility index (Phi) is 4.63. The Morgan fingerprint density at radius 3 is 2.29 bits per heavy atom. The fourth-order valence-corrected chi connectivity index (χ4v) is 3.51. The summed E-state index contributed by atoms with van der Waals surface area (Å²) in [5.41, 5.74) is 0.505. The third-order valence-electron chi connectivity index (χ3n) is 2.66. The number of aliphatic hydroxyl groups excluding tert-OH is 1. The van der Waals surface area contributed by atoms with Crippen molar-refractivity contribution in [3.05, 3.63) is 34.9 Å². The van der Waals surface area contributed by atoms with E-state index in [1.54, 1.807) is 31.2 Å². The third-order valence-corrected chi connectivity index (χ3v) is 7.03. The van der Waals surface area contributed by atoms with Crippen LogP contribution in [0.4, 0.5) is 0 Å². The summed E-state index contributed by atoms with van der Waals surface area (Å²) in [7, 11) is -3.42. The molecule has 17 heavy (non-hydrogen) atoms. The van der Waals surface area contributed by atoms with Crippen LogP contribution < -0.4 is 0 Å². The van der Waals surface area contributed by atoms with Gasteiger partial charge < -0.3 is 5.11 Å². The van der Waals surface area contributed by atoms with Crippen molar-refractivity contribution in [2.24, 2.45) is 0 Å². The van der Waals surface area contributed by atoms with E-state index in [4.69, 9.17) is 11.6 Å². The number of sulfone groups is 1. The van der Waals surface area contributed by atoms with E-state index in [2.05, 4.69) is 15.9 Å².